The molecule has 0 radical (unpaired) electrons. The number of fused-ring (bicyclic) bond motifs is 1. The number of nitrogens with zero attached hydrogens (tertiary/aromatic N) is 2. The summed E-state index contributed by atoms with van der Waals surface area (Å²) in [4.78, 5) is 18.6. The van der Waals surface area contributed by atoms with E-state index in [1.54, 1.807) is 18.6 Å². The first-order chi connectivity index (χ1) is 10.6. The summed E-state index contributed by atoms with van der Waals surface area (Å²) in [7, 11) is 1.89. The number of hydrogen-bond donors (Lipinski definition) is 2. The number of amides is 1. The van der Waals surface area contributed by atoms with Crippen molar-refractivity contribution in [2.24, 2.45) is 7.05 Å². The predicted molar refractivity (Wildman–Crippen MR) is 81.9 cm³/mol. The third-order valence-electron chi connectivity index (χ3n) is 3.66. The number of rotatable bonds is 5. The van der Waals surface area contributed by atoms with Gasteiger partial charge < -0.3 is 14.9 Å². The molecule has 0 atom stereocenters. The minimum atomic E-state index is -0.242. The van der Waals surface area contributed by atoms with Crippen molar-refractivity contribution in [3.8, 4) is 0 Å². The van der Waals surface area contributed by atoms with Crippen LogP contribution in [0, 0.1) is 5.82 Å². The van der Waals surface area contributed by atoms with Crippen LogP contribution in [0.4, 0.5) is 4.39 Å². The van der Waals surface area contributed by atoms with Gasteiger partial charge in [0.1, 0.15) is 5.82 Å². The Morgan fingerprint density at radius 2 is 2.32 bits per heavy atom. The molecule has 0 saturated heterocycles. The SMILES string of the molecule is Cn1cc(CCNC(=O)Cc2cnc[nH]2)c2ccc(F)cc21. The molecule has 0 bridgehead atoms. The van der Waals surface area contributed by atoms with Crippen molar-refractivity contribution >= 4 is 16.8 Å². The molecule has 5 nitrogen and oxygen atoms in total. The Morgan fingerprint density at radius 3 is 3.09 bits per heavy atom. The molecule has 114 valence electrons. The maximum atomic E-state index is 13.3. The number of aryl methyl sites for hydroxylation is 1. The second-order valence-electron chi connectivity index (χ2n) is 5.28. The summed E-state index contributed by atoms with van der Waals surface area (Å²) in [6.45, 7) is 0.545. The lowest BCUT2D eigenvalue weighted by Gasteiger charge is -2.04. The molecule has 2 heterocycles. The zero-order chi connectivity index (χ0) is 15.5. The Kier molecular flexibility index (Phi) is 3.91. The number of aromatic amines is 1. The zero-order valence-corrected chi connectivity index (χ0v) is 12.3. The van der Waals surface area contributed by atoms with Gasteiger partial charge in [0.05, 0.1) is 18.3 Å². The normalized spacial score (nSPS) is 11.0. The number of carbonyl (C=O) groups is 1. The van der Waals surface area contributed by atoms with Gasteiger partial charge in [0, 0.05) is 37.1 Å². The number of imidazole rings is 1. The Hall–Kier alpha value is -2.63. The third-order valence-corrected chi connectivity index (χ3v) is 3.66. The summed E-state index contributed by atoms with van der Waals surface area (Å²) in [5.41, 5.74) is 2.75. The van der Waals surface area contributed by atoms with Crippen LogP contribution in [0.1, 0.15) is 11.3 Å². The van der Waals surface area contributed by atoms with Crippen LogP contribution >= 0.6 is 0 Å². The van der Waals surface area contributed by atoms with Gasteiger partial charge in [-0.25, -0.2) is 9.37 Å². The van der Waals surface area contributed by atoms with Crippen molar-refractivity contribution in [2.45, 2.75) is 12.8 Å². The van der Waals surface area contributed by atoms with E-state index >= 15 is 0 Å². The van der Waals surface area contributed by atoms with Crippen LogP contribution in [0.25, 0.3) is 10.9 Å². The molecule has 0 spiro atoms. The number of carbonyl (C=O) groups excluding carboxylic acids is 1. The van der Waals surface area contributed by atoms with Gasteiger partial charge in [0.15, 0.2) is 0 Å². The first-order valence-corrected chi connectivity index (χ1v) is 7.11. The van der Waals surface area contributed by atoms with Crippen LogP contribution in [0.15, 0.2) is 36.9 Å². The molecule has 0 saturated carbocycles. The molecule has 2 aromatic heterocycles. The van der Waals surface area contributed by atoms with E-state index in [0.717, 1.165) is 22.2 Å². The standard InChI is InChI=1S/C16H17FN4O/c1-21-9-11(14-3-2-12(17)6-15(14)21)4-5-19-16(22)7-13-8-18-10-20-13/h2-3,6,8-10H,4-5,7H2,1H3,(H,18,20)(H,19,22). The van der Waals surface area contributed by atoms with Gasteiger partial charge in [-0.3, -0.25) is 4.79 Å². The van der Waals surface area contributed by atoms with E-state index < -0.39 is 0 Å². The van der Waals surface area contributed by atoms with Crippen LogP contribution < -0.4 is 5.32 Å². The predicted octanol–water partition coefficient (Wildman–Crippen LogP) is 1.94. The molecule has 3 rings (SSSR count). The third kappa shape index (κ3) is 3.00. The highest BCUT2D eigenvalue weighted by Crippen LogP contribution is 2.21. The second kappa shape index (κ2) is 6.01. The van der Waals surface area contributed by atoms with Gasteiger partial charge in [0.2, 0.25) is 5.91 Å². The van der Waals surface area contributed by atoms with Gasteiger partial charge in [0.25, 0.3) is 0 Å². The van der Waals surface area contributed by atoms with Crippen molar-refractivity contribution in [3.63, 3.8) is 0 Å². The fraction of sp³-hybridized carbons (Fsp3) is 0.250. The van der Waals surface area contributed by atoms with E-state index in [2.05, 4.69) is 15.3 Å². The lowest BCUT2D eigenvalue weighted by Crippen LogP contribution is -2.27. The Morgan fingerprint density at radius 1 is 1.45 bits per heavy atom. The zero-order valence-electron chi connectivity index (χ0n) is 12.3. The molecule has 2 N–H and O–H groups in total. The number of halogens is 1. The summed E-state index contributed by atoms with van der Waals surface area (Å²) in [6, 6.07) is 4.77. The molecule has 0 aliphatic rings. The van der Waals surface area contributed by atoms with Crippen LogP contribution in [-0.4, -0.2) is 27.0 Å². The topological polar surface area (TPSA) is 62.7 Å². The molecule has 1 amide bonds. The van der Waals surface area contributed by atoms with E-state index in [-0.39, 0.29) is 11.7 Å². The van der Waals surface area contributed by atoms with Crippen LogP contribution in [-0.2, 0) is 24.7 Å². The number of H-pyrrole nitrogens is 1. The molecular weight excluding hydrogens is 283 g/mol. The van der Waals surface area contributed by atoms with Crippen LogP contribution in [0.3, 0.4) is 0 Å². The lowest BCUT2D eigenvalue weighted by atomic mass is 10.1. The average molecular weight is 300 g/mol. The van der Waals surface area contributed by atoms with Gasteiger partial charge >= 0.3 is 0 Å². The quantitative estimate of drug-likeness (QED) is 0.756. The van der Waals surface area contributed by atoms with E-state index in [4.69, 9.17) is 0 Å². The molecule has 22 heavy (non-hydrogen) atoms. The number of aromatic nitrogens is 3. The minimum Gasteiger partial charge on any atom is -0.355 e. The Balaban J connectivity index is 1.61. The first-order valence-electron chi connectivity index (χ1n) is 7.11. The second-order valence-corrected chi connectivity index (χ2v) is 5.28. The number of hydrogen-bond acceptors (Lipinski definition) is 2. The first kappa shape index (κ1) is 14.3. The number of nitrogens with one attached hydrogen (secondary N) is 2. The largest absolute Gasteiger partial charge is 0.355 e. The highest BCUT2D eigenvalue weighted by molar-refractivity contribution is 5.84. The van der Waals surface area contributed by atoms with Gasteiger partial charge in [-0.05, 0) is 30.2 Å². The van der Waals surface area contributed by atoms with Crippen molar-refractivity contribution in [1.29, 1.82) is 0 Å². The van der Waals surface area contributed by atoms with Crippen LogP contribution in [0.2, 0.25) is 0 Å². The molecule has 0 fully saturated rings. The van der Waals surface area contributed by atoms with Gasteiger partial charge in [-0.1, -0.05) is 0 Å². The van der Waals surface area contributed by atoms with Gasteiger partial charge in [-0.2, -0.15) is 0 Å². The fourth-order valence-corrected chi connectivity index (χ4v) is 2.59. The number of benzene rings is 1. The van der Waals surface area contributed by atoms with Crippen LogP contribution in [0.5, 0.6) is 0 Å². The molecule has 3 aromatic rings. The summed E-state index contributed by atoms with van der Waals surface area (Å²) < 4.78 is 15.2. The van der Waals surface area contributed by atoms with E-state index in [9.17, 15) is 9.18 Å². The van der Waals surface area contributed by atoms with Crippen molar-refractivity contribution in [2.75, 3.05) is 6.54 Å². The van der Waals surface area contributed by atoms with Crippen molar-refractivity contribution in [1.82, 2.24) is 19.9 Å². The highest BCUT2D eigenvalue weighted by atomic mass is 19.1. The highest BCUT2D eigenvalue weighted by Gasteiger charge is 2.08. The minimum absolute atomic E-state index is 0.0458. The van der Waals surface area contributed by atoms with E-state index in [1.165, 1.54) is 12.1 Å². The molecule has 6 heteroatoms. The molecular formula is C16H17FN4O. The average Bonchev–Trinajstić information content (AvgIpc) is 3.08. The molecule has 0 aliphatic heterocycles. The van der Waals surface area contributed by atoms with Crippen molar-refractivity contribution in [3.05, 3.63) is 54.0 Å². The summed E-state index contributed by atoms with van der Waals surface area (Å²) in [5, 5.41) is 3.90. The van der Waals surface area contributed by atoms with Gasteiger partial charge in [-0.15, -0.1) is 0 Å². The smallest absolute Gasteiger partial charge is 0.226 e. The summed E-state index contributed by atoms with van der Waals surface area (Å²) >= 11 is 0. The molecule has 0 aliphatic carbocycles. The monoisotopic (exact) mass is 300 g/mol. The Labute approximate surface area is 127 Å². The molecule has 1 aromatic carbocycles. The maximum Gasteiger partial charge on any atom is 0.226 e. The van der Waals surface area contributed by atoms with E-state index in [1.807, 2.05) is 17.8 Å². The molecule has 0 unspecified atom stereocenters. The summed E-state index contributed by atoms with van der Waals surface area (Å²) in [6.07, 6.45) is 6.17. The van der Waals surface area contributed by atoms with Crippen molar-refractivity contribution < 1.29 is 9.18 Å². The maximum absolute atomic E-state index is 13.3. The fourth-order valence-electron chi connectivity index (χ4n) is 2.59. The van der Waals surface area contributed by atoms with E-state index in [0.29, 0.717) is 19.4 Å². The Bertz CT molecular complexity index is 792. The summed E-state index contributed by atoms with van der Waals surface area (Å²) in [5.74, 6) is -0.288. The lowest BCUT2D eigenvalue weighted by molar-refractivity contribution is -0.120.